The second kappa shape index (κ2) is 6.36. The van der Waals surface area contributed by atoms with Crippen LogP contribution >= 0.6 is 0 Å². The van der Waals surface area contributed by atoms with Gasteiger partial charge in [-0.15, -0.1) is 0 Å². The summed E-state index contributed by atoms with van der Waals surface area (Å²) in [6, 6.07) is 0.681. The standard InChI is InChI=1S/C13H25N3O/c14-11-5-4-8-16(9-11)10-13(17)15-12-6-2-1-3-7-12/h11-12H,1-10,14H2,(H,15,17)/t11-/m1/s1. The largest absolute Gasteiger partial charge is 0.352 e. The Labute approximate surface area is 104 Å². The van der Waals surface area contributed by atoms with Crippen molar-refractivity contribution in [2.75, 3.05) is 19.6 Å². The maximum atomic E-state index is 11.9. The van der Waals surface area contributed by atoms with Crippen molar-refractivity contribution < 1.29 is 4.79 Å². The first-order valence-corrected chi connectivity index (χ1v) is 7.01. The number of carbonyl (C=O) groups is 1. The predicted molar refractivity (Wildman–Crippen MR) is 68.7 cm³/mol. The summed E-state index contributed by atoms with van der Waals surface area (Å²) in [7, 11) is 0. The minimum absolute atomic E-state index is 0.186. The predicted octanol–water partition coefficient (Wildman–Crippen LogP) is 0.858. The van der Waals surface area contributed by atoms with Crippen molar-refractivity contribution >= 4 is 5.91 Å². The lowest BCUT2D eigenvalue weighted by Gasteiger charge is -2.31. The molecule has 4 nitrogen and oxygen atoms in total. The van der Waals surface area contributed by atoms with E-state index in [0.717, 1.165) is 38.8 Å². The lowest BCUT2D eigenvalue weighted by Crippen LogP contribution is -2.48. The summed E-state index contributed by atoms with van der Waals surface area (Å²) < 4.78 is 0. The van der Waals surface area contributed by atoms with Crippen LogP contribution in [0, 0.1) is 0 Å². The fourth-order valence-electron chi connectivity index (χ4n) is 2.96. The maximum absolute atomic E-state index is 11.9. The van der Waals surface area contributed by atoms with Crippen LogP contribution in [0.1, 0.15) is 44.9 Å². The molecule has 0 unspecified atom stereocenters. The van der Waals surface area contributed by atoms with E-state index in [1.54, 1.807) is 0 Å². The van der Waals surface area contributed by atoms with Gasteiger partial charge in [0, 0.05) is 18.6 Å². The van der Waals surface area contributed by atoms with E-state index in [0.29, 0.717) is 12.6 Å². The van der Waals surface area contributed by atoms with Gasteiger partial charge in [-0.3, -0.25) is 9.69 Å². The summed E-state index contributed by atoms with van der Waals surface area (Å²) in [4.78, 5) is 14.1. The monoisotopic (exact) mass is 239 g/mol. The molecule has 2 fully saturated rings. The van der Waals surface area contributed by atoms with Gasteiger partial charge in [-0.05, 0) is 32.2 Å². The summed E-state index contributed by atoms with van der Waals surface area (Å²) in [6.45, 7) is 2.42. The van der Waals surface area contributed by atoms with Gasteiger partial charge in [0.2, 0.25) is 5.91 Å². The maximum Gasteiger partial charge on any atom is 0.234 e. The van der Waals surface area contributed by atoms with Gasteiger partial charge in [-0.25, -0.2) is 0 Å². The zero-order valence-corrected chi connectivity index (χ0v) is 10.7. The summed E-state index contributed by atoms with van der Waals surface area (Å²) in [5.41, 5.74) is 5.91. The molecule has 1 saturated carbocycles. The van der Waals surface area contributed by atoms with Crippen molar-refractivity contribution in [2.45, 2.75) is 57.0 Å². The summed E-state index contributed by atoms with van der Waals surface area (Å²) in [5, 5.41) is 3.16. The van der Waals surface area contributed by atoms with E-state index in [4.69, 9.17) is 5.73 Å². The molecule has 1 heterocycles. The third kappa shape index (κ3) is 4.28. The van der Waals surface area contributed by atoms with E-state index in [9.17, 15) is 4.79 Å². The van der Waals surface area contributed by atoms with Crippen LogP contribution in [0.3, 0.4) is 0 Å². The average molecular weight is 239 g/mol. The number of hydrogen-bond acceptors (Lipinski definition) is 3. The van der Waals surface area contributed by atoms with Crippen molar-refractivity contribution in [3.05, 3.63) is 0 Å². The molecule has 0 spiro atoms. The number of amides is 1. The van der Waals surface area contributed by atoms with Crippen molar-refractivity contribution in [2.24, 2.45) is 5.73 Å². The Morgan fingerprint density at radius 1 is 1.18 bits per heavy atom. The molecule has 0 aromatic carbocycles. The van der Waals surface area contributed by atoms with Crippen LogP contribution < -0.4 is 11.1 Å². The van der Waals surface area contributed by atoms with E-state index in [1.165, 1.54) is 19.3 Å². The zero-order chi connectivity index (χ0) is 12.1. The van der Waals surface area contributed by atoms with Crippen LogP contribution in [0.5, 0.6) is 0 Å². The SMILES string of the molecule is N[C@@H]1CCCN(CC(=O)NC2CCCCC2)C1. The van der Waals surface area contributed by atoms with Crippen molar-refractivity contribution in [3.8, 4) is 0 Å². The number of piperidine rings is 1. The first-order chi connectivity index (χ1) is 8.24. The molecular formula is C13H25N3O. The van der Waals surface area contributed by atoms with Gasteiger partial charge in [0.25, 0.3) is 0 Å². The molecule has 0 aromatic rings. The van der Waals surface area contributed by atoms with E-state index in [1.807, 2.05) is 0 Å². The van der Waals surface area contributed by atoms with Crippen LogP contribution in [-0.4, -0.2) is 42.5 Å². The molecule has 0 radical (unpaired) electrons. The fraction of sp³-hybridized carbons (Fsp3) is 0.923. The summed E-state index contributed by atoms with van der Waals surface area (Å²) in [6.07, 6.45) is 8.39. The quantitative estimate of drug-likeness (QED) is 0.768. The van der Waals surface area contributed by atoms with Gasteiger partial charge >= 0.3 is 0 Å². The second-order valence-corrected chi connectivity index (χ2v) is 5.54. The molecule has 1 amide bonds. The first-order valence-electron chi connectivity index (χ1n) is 7.01. The third-order valence-corrected chi connectivity index (χ3v) is 3.88. The minimum Gasteiger partial charge on any atom is -0.352 e. The molecule has 1 saturated heterocycles. The highest BCUT2D eigenvalue weighted by atomic mass is 16.2. The van der Waals surface area contributed by atoms with E-state index in [2.05, 4.69) is 10.2 Å². The zero-order valence-electron chi connectivity index (χ0n) is 10.7. The Morgan fingerprint density at radius 3 is 2.65 bits per heavy atom. The highest BCUT2D eigenvalue weighted by Crippen LogP contribution is 2.17. The molecule has 0 aromatic heterocycles. The van der Waals surface area contributed by atoms with Gasteiger partial charge in [0.05, 0.1) is 6.54 Å². The van der Waals surface area contributed by atoms with Crippen LogP contribution in [-0.2, 0) is 4.79 Å². The smallest absolute Gasteiger partial charge is 0.234 e. The molecule has 98 valence electrons. The molecule has 17 heavy (non-hydrogen) atoms. The van der Waals surface area contributed by atoms with Crippen molar-refractivity contribution in [3.63, 3.8) is 0 Å². The fourth-order valence-corrected chi connectivity index (χ4v) is 2.96. The van der Waals surface area contributed by atoms with Gasteiger partial charge < -0.3 is 11.1 Å². The Balaban J connectivity index is 1.68. The number of hydrogen-bond donors (Lipinski definition) is 2. The Kier molecular flexibility index (Phi) is 4.80. The molecule has 0 bridgehead atoms. The van der Waals surface area contributed by atoms with Crippen LogP contribution in [0.15, 0.2) is 0 Å². The number of nitrogens with two attached hydrogens (primary N) is 1. The third-order valence-electron chi connectivity index (χ3n) is 3.88. The highest BCUT2D eigenvalue weighted by molar-refractivity contribution is 5.78. The molecule has 2 rings (SSSR count). The lowest BCUT2D eigenvalue weighted by molar-refractivity contribution is -0.123. The Bertz CT molecular complexity index is 251. The van der Waals surface area contributed by atoms with Crippen molar-refractivity contribution in [1.29, 1.82) is 0 Å². The van der Waals surface area contributed by atoms with Crippen molar-refractivity contribution in [1.82, 2.24) is 10.2 Å². The number of nitrogens with zero attached hydrogens (tertiary/aromatic N) is 1. The number of carbonyl (C=O) groups excluding carboxylic acids is 1. The second-order valence-electron chi connectivity index (χ2n) is 5.54. The van der Waals surface area contributed by atoms with Gasteiger partial charge in [0.1, 0.15) is 0 Å². The number of nitrogens with one attached hydrogen (secondary N) is 1. The van der Waals surface area contributed by atoms with E-state index >= 15 is 0 Å². The Morgan fingerprint density at radius 2 is 1.94 bits per heavy atom. The molecule has 1 atom stereocenters. The van der Waals surface area contributed by atoms with Gasteiger partial charge in [0.15, 0.2) is 0 Å². The molecule has 1 aliphatic carbocycles. The topological polar surface area (TPSA) is 58.4 Å². The minimum atomic E-state index is 0.186. The average Bonchev–Trinajstić information content (AvgIpc) is 2.30. The number of rotatable bonds is 3. The van der Waals surface area contributed by atoms with E-state index < -0.39 is 0 Å². The molecule has 2 aliphatic rings. The highest BCUT2D eigenvalue weighted by Gasteiger charge is 2.21. The molecular weight excluding hydrogens is 214 g/mol. The van der Waals surface area contributed by atoms with Gasteiger partial charge in [-0.2, -0.15) is 0 Å². The molecule has 4 heteroatoms. The first kappa shape index (κ1) is 12.8. The molecule has 1 aliphatic heterocycles. The number of likely N-dealkylation sites (tertiary alicyclic amines) is 1. The summed E-state index contributed by atoms with van der Waals surface area (Å²) >= 11 is 0. The summed E-state index contributed by atoms with van der Waals surface area (Å²) in [5.74, 6) is 0.186. The normalized spacial score (nSPS) is 27.9. The Hall–Kier alpha value is -0.610. The van der Waals surface area contributed by atoms with Crippen LogP contribution in [0.4, 0.5) is 0 Å². The lowest BCUT2D eigenvalue weighted by atomic mass is 9.95. The van der Waals surface area contributed by atoms with E-state index in [-0.39, 0.29) is 11.9 Å². The van der Waals surface area contributed by atoms with Crippen LogP contribution in [0.25, 0.3) is 0 Å². The molecule has 3 N–H and O–H groups in total. The van der Waals surface area contributed by atoms with Crippen LogP contribution in [0.2, 0.25) is 0 Å². The van der Waals surface area contributed by atoms with Gasteiger partial charge in [-0.1, -0.05) is 19.3 Å².